The second-order valence-corrected chi connectivity index (χ2v) is 6.59. The monoisotopic (exact) mass is 306 g/mol. The lowest BCUT2D eigenvalue weighted by Crippen LogP contribution is -2.60. The fourth-order valence-electron chi connectivity index (χ4n) is 3.50. The zero-order valence-electron chi connectivity index (χ0n) is 11.8. The van der Waals surface area contributed by atoms with Gasteiger partial charge in [0.2, 0.25) is 16.9 Å². The van der Waals surface area contributed by atoms with Crippen molar-refractivity contribution in [2.24, 2.45) is 17.3 Å². The van der Waals surface area contributed by atoms with Crippen LogP contribution in [-0.4, -0.2) is 22.7 Å². The Labute approximate surface area is 128 Å². The number of nitrogens with zero attached hydrogens (tertiary/aromatic N) is 1. The summed E-state index contributed by atoms with van der Waals surface area (Å²) >= 11 is 1.03. The standard InChI is InChI=1S/C15H18N2O3S/c1-2-8-21-14(20)11-13(19)17-12(18)10(9-16)15(11)6-4-3-5-7-15/h2,10-11H,1,3-8H2,(H,17,18,19)/t10-,11-/m1/s1. The molecule has 0 radical (unpaired) electrons. The van der Waals surface area contributed by atoms with Crippen LogP contribution in [0, 0.1) is 28.6 Å². The number of nitriles is 1. The summed E-state index contributed by atoms with van der Waals surface area (Å²) in [4.78, 5) is 36.7. The second-order valence-electron chi connectivity index (χ2n) is 5.56. The highest BCUT2D eigenvalue weighted by molar-refractivity contribution is 8.13. The van der Waals surface area contributed by atoms with E-state index in [1.807, 2.05) is 6.07 Å². The van der Waals surface area contributed by atoms with Gasteiger partial charge in [-0.05, 0) is 12.8 Å². The van der Waals surface area contributed by atoms with E-state index in [0.717, 1.165) is 31.0 Å². The molecule has 21 heavy (non-hydrogen) atoms. The first kappa shape index (κ1) is 15.8. The molecule has 0 bridgehead atoms. The molecule has 1 saturated heterocycles. The normalized spacial score (nSPS) is 27.8. The Kier molecular flexibility index (Phi) is 4.84. The Bertz CT molecular complexity index is 518. The van der Waals surface area contributed by atoms with Crippen molar-refractivity contribution < 1.29 is 14.4 Å². The summed E-state index contributed by atoms with van der Waals surface area (Å²) in [6, 6.07) is 2.03. The van der Waals surface area contributed by atoms with Crippen molar-refractivity contribution in [3.05, 3.63) is 12.7 Å². The zero-order valence-corrected chi connectivity index (χ0v) is 12.6. The van der Waals surface area contributed by atoms with E-state index < -0.39 is 29.1 Å². The quantitative estimate of drug-likeness (QED) is 0.488. The molecule has 2 aliphatic rings. The molecule has 1 aliphatic carbocycles. The maximum absolute atomic E-state index is 12.4. The van der Waals surface area contributed by atoms with Crippen LogP contribution in [0.1, 0.15) is 32.1 Å². The molecule has 2 amide bonds. The van der Waals surface area contributed by atoms with Gasteiger partial charge in [-0.1, -0.05) is 37.1 Å². The minimum Gasteiger partial charge on any atom is -0.295 e. The first-order valence-electron chi connectivity index (χ1n) is 7.08. The number of imide groups is 1. The molecule has 0 unspecified atom stereocenters. The van der Waals surface area contributed by atoms with Gasteiger partial charge >= 0.3 is 0 Å². The van der Waals surface area contributed by atoms with Crippen molar-refractivity contribution in [2.75, 3.05) is 5.75 Å². The molecule has 0 aromatic rings. The highest BCUT2D eigenvalue weighted by atomic mass is 32.2. The van der Waals surface area contributed by atoms with Crippen LogP contribution in [0.15, 0.2) is 12.7 Å². The molecule has 6 heteroatoms. The zero-order chi connectivity index (χ0) is 15.5. The van der Waals surface area contributed by atoms with E-state index in [0.29, 0.717) is 18.6 Å². The molecular weight excluding hydrogens is 288 g/mol. The number of hydrogen-bond donors (Lipinski definition) is 1. The first-order valence-corrected chi connectivity index (χ1v) is 8.07. The van der Waals surface area contributed by atoms with E-state index in [4.69, 9.17) is 0 Å². The molecule has 1 N–H and O–H groups in total. The first-order chi connectivity index (χ1) is 10.1. The smallest absolute Gasteiger partial charge is 0.244 e. The fourth-order valence-corrected chi connectivity index (χ4v) is 4.29. The molecule has 112 valence electrons. The van der Waals surface area contributed by atoms with E-state index in [-0.39, 0.29) is 5.12 Å². The number of thioether (sulfide) groups is 1. The van der Waals surface area contributed by atoms with E-state index in [1.54, 1.807) is 6.08 Å². The molecular formula is C15H18N2O3S. The predicted molar refractivity (Wildman–Crippen MR) is 78.9 cm³/mol. The third-order valence-electron chi connectivity index (χ3n) is 4.41. The lowest BCUT2D eigenvalue weighted by Gasteiger charge is -2.46. The van der Waals surface area contributed by atoms with Gasteiger partial charge in [0.15, 0.2) is 0 Å². The Morgan fingerprint density at radius 2 is 2.05 bits per heavy atom. The highest BCUT2D eigenvalue weighted by Crippen LogP contribution is 2.51. The number of hydrogen-bond acceptors (Lipinski definition) is 5. The van der Waals surface area contributed by atoms with Crippen molar-refractivity contribution in [3.8, 4) is 6.07 Å². The van der Waals surface area contributed by atoms with Crippen molar-refractivity contribution >= 4 is 28.7 Å². The summed E-state index contributed by atoms with van der Waals surface area (Å²) in [6.07, 6.45) is 5.45. The molecule has 5 nitrogen and oxygen atoms in total. The van der Waals surface area contributed by atoms with Gasteiger partial charge in [0.05, 0.1) is 6.07 Å². The summed E-state index contributed by atoms with van der Waals surface area (Å²) in [5, 5.41) is 11.3. The molecule has 1 heterocycles. The van der Waals surface area contributed by atoms with Crippen LogP contribution >= 0.6 is 11.8 Å². The summed E-state index contributed by atoms with van der Waals surface area (Å²) < 4.78 is 0. The summed E-state index contributed by atoms with van der Waals surface area (Å²) in [5.74, 6) is -2.51. The SMILES string of the molecule is C=CCSC(=O)[C@H]1C(=O)NC(=O)[C@@H](C#N)C12CCCCC2. The second kappa shape index (κ2) is 6.44. The van der Waals surface area contributed by atoms with E-state index in [2.05, 4.69) is 11.9 Å². The predicted octanol–water partition coefficient (Wildman–Crippen LogP) is 1.80. The topological polar surface area (TPSA) is 87.0 Å². The summed E-state index contributed by atoms with van der Waals surface area (Å²) in [7, 11) is 0. The lowest BCUT2D eigenvalue weighted by molar-refractivity contribution is -0.152. The maximum Gasteiger partial charge on any atom is 0.244 e. The Morgan fingerprint density at radius 1 is 1.38 bits per heavy atom. The van der Waals surface area contributed by atoms with Crippen molar-refractivity contribution in [1.29, 1.82) is 5.26 Å². The van der Waals surface area contributed by atoms with Gasteiger partial charge in [-0.2, -0.15) is 5.26 Å². The van der Waals surface area contributed by atoms with Crippen LogP contribution in [0.5, 0.6) is 0 Å². The van der Waals surface area contributed by atoms with Gasteiger partial charge in [-0.25, -0.2) is 0 Å². The number of nitrogens with one attached hydrogen (secondary N) is 1. The molecule has 2 fully saturated rings. The maximum atomic E-state index is 12.4. The van der Waals surface area contributed by atoms with Gasteiger partial charge in [0.1, 0.15) is 11.8 Å². The number of rotatable bonds is 3. The van der Waals surface area contributed by atoms with Gasteiger partial charge in [-0.15, -0.1) is 6.58 Å². The van der Waals surface area contributed by atoms with Gasteiger partial charge in [0.25, 0.3) is 0 Å². The van der Waals surface area contributed by atoms with Crippen LogP contribution in [0.4, 0.5) is 0 Å². The largest absolute Gasteiger partial charge is 0.295 e. The van der Waals surface area contributed by atoms with E-state index in [9.17, 15) is 19.6 Å². The molecule has 1 saturated carbocycles. The Morgan fingerprint density at radius 3 is 2.62 bits per heavy atom. The molecule has 1 aliphatic heterocycles. The van der Waals surface area contributed by atoms with Crippen LogP contribution in [-0.2, 0) is 14.4 Å². The van der Waals surface area contributed by atoms with Crippen molar-refractivity contribution in [3.63, 3.8) is 0 Å². The summed E-state index contributed by atoms with van der Waals surface area (Å²) in [5.41, 5.74) is -0.822. The van der Waals surface area contributed by atoms with Gasteiger partial charge in [-0.3, -0.25) is 19.7 Å². The van der Waals surface area contributed by atoms with Gasteiger partial charge in [0, 0.05) is 11.2 Å². The number of piperidine rings is 1. The average molecular weight is 306 g/mol. The van der Waals surface area contributed by atoms with Crippen LogP contribution < -0.4 is 5.32 Å². The molecule has 0 aromatic carbocycles. The third-order valence-corrected chi connectivity index (χ3v) is 5.34. The van der Waals surface area contributed by atoms with E-state index >= 15 is 0 Å². The minimum atomic E-state index is -0.922. The summed E-state index contributed by atoms with van der Waals surface area (Å²) in [6.45, 7) is 3.56. The lowest BCUT2D eigenvalue weighted by atomic mass is 9.57. The van der Waals surface area contributed by atoms with Crippen molar-refractivity contribution in [2.45, 2.75) is 32.1 Å². The van der Waals surface area contributed by atoms with Crippen molar-refractivity contribution in [1.82, 2.24) is 5.32 Å². The highest BCUT2D eigenvalue weighted by Gasteiger charge is 2.58. The van der Waals surface area contributed by atoms with Crippen LogP contribution in [0.3, 0.4) is 0 Å². The van der Waals surface area contributed by atoms with Gasteiger partial charge < -0.3 is 0 Å². The molecule has 2 rings (SSSR count). The Balaban J connectivity index is 2.39. The number of amides is 2. The Hall–Kier alpha value is -1.61. The minimum absolute atomic E-state index is 0.262. The average Bonchev–Trinajstić information content (AvgIpc) is 2.46. The van der Waals surface area contributed by atoms with Crippen LogP contribution in [0.25, 0.3) is 0 Å². The van der Waals surface area contributed by atoms with Crippen LogP contribution in [0.2, 0.25) is 0 Å². The van der Waals surface area contributed by atoms with E-state index in [1.165, 1.54) is 0 Å². The fraction of sp³-hybridized carbons (Fsp3) is 0.600. The molecule has 2 atom stereocenters. The molecule has 1 spiro atoms. The number of carbonyl (C=O) groups excluding carboxylic acids is 3. The number of carbonyl (C=O) groups is 3. The molecule has 0 aromatic heterocycles. The third kappa shape index (κ3) is 2.75.